The van der Waals surface area contributed by atoms with Gasteiger partial charge in [-0.2, -0.15) is 0 Å². The van der Waals surface area contributed by atoms with Crippen LogP contribution in [-0.2, 0) is 70.1 Å². The molecule has 4 N–H and O–H groups in total. The molecule has 1 aliphatic heterocycles. The van der Waals surface area contributed by atoms with Crippen LogP contribution in [0.3, 0.4) is 0 Å². The second kappa shape index (κ2) is 17.8. The van der Waals surface area contributed by atoms with Gasteiger partial charge in [0.2, 0.25) is 0 Å². The number of thiophene rings is 1. The highest BCUT2D eigenvalue weighted by molar-refractivity contribution is 7.10. The molecular weight excluding hydrogens is 628 g/mol. The Labute approximate surface area is 266 Å². The number of hydrogen-bond acceptors (Lipinski definition) is 13. The molecule has 0 bridgehead atoms. The van der Waals surface area contributed by atoms with Gasteiger partial charge in [-0.05, 0) is 35.1 Å². The van der Waals surface area contributed by atoms with Crippen molar-refractivity contribution in [1.29, 1.82) is 0 Å². The SMILES string of the molecule is Cc1ccsc1Cc1ccc(CC2NC(=O)COC(=O)CNC(=O)COC(=O)CNC(=O)COC(=O)CNC(=O)COC2=O)cc1. The van der Waals surface area contributed by atoms with Crippen molar-refractivity contribution in [3.05, 3.63) is 57.3 Å². The number of amides is 4. The normalized spacial score (nSPS) is 18.8. The highest BCUT2D eigenvalue weighted by Crippen LogP contribution is 2.20. The van der Waals surface area contributed by atoms with Crippen molar-refractivity contribution in [1.82, 2.24) is 21.3 Å². The van der Waals surface area contributed by atoms with Gasteiger partial charge in [0, 0.05) is 17.7 Å². The lowest BCUT2D eigenvalue weighted by Gasteiger charge is -2.18. The van der Waals surface area contributed by atoms with Gasteiger partial charge in [0.25, 0.3) is 23.6 Å². The van der Waals surface area contributed by atoms with Crippen LogP contribution in [0.1, 0.15) is 21.6 Å². The summed E-state index contributed by atoms with van der Waals surface area (Å²) in [6, 6.07) is 8.06. The molecule has 3 rings (SSSR count). The van der Waals surface area contributed by atoms with Crippen molar-refractivity contribution in [3.8, 4) is 0 Å². The number of hydrogen-bond donors (Lipinski definition) is 4. The molecule has 46 heavy (non-hydrogen) atoms. The van der Waals surface area contributed by atoms with Crippen LogP contribution < -0.4 is 21.3 Å². The van der Waals surface area contributed by atoms with E-state index in [1.165, 1.54) is 10.4 Å². The molecule has 1 unspecified atom stereocenters. The zero-order valence-corrected chi connectivity index (χ0v) is 25.5. The van der Waals surface area contributed by atoms with E-state index in [2.05, 4.69) is 30.7 Å². The Bertz CT molecular complexity index is 1460. The average molecular weight is 661 g/mol. The summed E-state index contributed by atoms with van der Waals surface area (Å²) in [6.07, 6.45) is 0.681. The lowest BCUT2D eigenvalue weighted by molar-refractivity contribution is -0.154. The van der Waals surface area contributed by atoms with E-state index < -0.39 is 99.6 Å². The summed E-state index contributed by atoms with van der Waals surface area (Å²) in [7, 11) is 0. The number of rotatable bonds is 4. The molecule has 1 atom stereocenters. The Kier molecular flexibility index (Phi) is 13.6. The molecule has 4 amide bonds. The maximum absolute atomic E-state index is 12.9. The van der Waals surface area contributed by atoms with Crippen LogP contribution in [0.4, 0.5) is 0 Å². The minimum atomic E-state index is -1.30. The molecule has 0 radical (unpaired) electrons. The highest BCUT2D eigenvalue weighted by atomic mass is 32.1. The first-order valence-corrected chi connectivity index (χ1v) is 14.7. The Hall–Kier alpha value is -5.32. The van der Waals surface area contributed by atoms with Crippen LogP contribution in [-0.4, -0.2) is 99.6 Å². The summed E-state index contributed by atoms with van der Waals surface area (Å²) in [4.78, 5) is 98.0. The summed E-state index contributed by atoms with van der Waals surface area (Å²) in [5, 5.41) is 10.8. The molecule has 0 spiro atoms. The molecule has 16 nitrogen and oxygen atoms in total. The third-order valence-electron chi connectivity index (χ3n) is 6.14. The monoisotopic (exact) mass is 660 g/mol. The van der Waals surface area contributed by atoms with E-state index in [9.17, 15) is 38.4 Å². The molecule has 2 heterocycles. The molecule has 2 aromatic rings. The van der Waals surface area contributed by atoms with Gasteiger partial charge in [0.05, 0.1) is 0 Å². The number of benzene rings is 1. The molecular formula is C29H32N4O12S. The molecule has 17 heteroatoms. The molecule has 246 valence electrons. The fourth-order valence-corrected chi connectivity index (χ4v) is 4.66. The number of cyclic esters (lactones) is 4. The summed E-state index contributed by atoms with van der Waals surface area (Å²) < 4.78 is 19.2. The molecule has 0 aliphatic carbocycles. The minimum Gasteiger partial charge on any atom is -0.454 e. The van der Waals surface area contributed by atoms with E-state index >= 15 is 0 Å². The predicted molar refractivity (Wildman–Crippen MR) is 157 cm³/mol. The number of esters is 4. The lowest BCUT2D eigenvalue weighted by Crippen LogP contribution is -2.46. The van der Waals surface area contributed by atoms with Gasteiger partial charge in [-0.15, -0.1) is 11.3 Å². The Morgan fingerprint density at radius 1 is 0.630 bits per heavy atom. The van der Waals surface area contributed by atoms with E-state index in [0.717, 1.165) is 12.0 Å². The van der Waals surface area contributed by atoms with Gasteiger partial charge < -0.3 is 40.2 Å². The fourth-order valence-electron chi connectivity index (χ4n) is 3.72. The van der Waals surface area contributed by atoms with E-state index in [-0.39, 0.29) is 6.42 Å². The second-order valence-electron chi connectivity index (χ2n) is 9.76. The zero-order valence-electron chi connectivity index (χ0n) is 24.7. The van der Waals surface area contributed by atoms with Crippen molar-refractivity contribution in [3.63, 3.8) is 0 Å². The maximum atomic E-state index is 12.9. The molecule has 0 saturated carbocycles. The first-order chi connectivity index (χ1) is 22.0. The van der Waals surface area contributed by atoms with E-state index in [1.54, 1.807) is 23.5 Å². The Balaban J connectivity index is 1.65. The van der Waals surface area contributed by atoms with Gasteiger partial charge in [0.1, 0.15) is 25.7 Å². The largest absolute Gasteiger partial charge is 0.454 e. The van der Waals surface area contributed by atoms with Crippen LogP contribution in [0.15, 0.2) is 35.7 Å². The number of aryl methyl sites for hydroxylation is 1. The minimum absolute atomic E-state index is 0.0401. The fraction of sp³-hybridized carbons (Fsp3) is 0.379. The standard InChI is InChI=1S/C29H32N4O12S/c1-17-6-7-46-21(17)9-19-4-2-18(3-5-19)8-20-29(41)45-15-24(36)32-11-27(39)43-13-22(34)30-10-26(38)42-14-23(35)31-12-28(40)44-16-25(37)33-20/h2-7,20H,8-16H2,1H3,(H,30,34)(H,31,35)(H,32,36)(H,33,37). The first-order valence-electron chi connectivity index (χ1n) is 13.8. The highest BCUT2D eigenvalue weighted by Gasteiger charge is 2.25. The average Bonchev–Trinajstić information content (AvgIpc) is 3.44. The second-order valence-corrected chi connectivity index (χ2v) is 10.8. The lowest BCUT2D eigenvalue weighted by atomic mass is 10.0. The van der Waals surface area contributed by atoms with Crippen molar-refractivity contribution >= 4 is 58.8 Å². The molecule has 1 aromatic carbocycles. The summed E-state index contributed by atoms with van der Waals surface area (Å²) in [6.45, 7) is -3.13. The maximum Gasteiger partial charge on any atom is 0.329 e. The first kappa shape index (κ1) is 35.2. The molecule has 1 aliphatic rings. The van der Waals surface area contributed by atoms with Gasteiger partial charge in [-0.1, -0.05) is 24.3 Å². The molecule has 1 aromatic heterocycles. The van der Waals surface area contributed by atoms with Gasteiger partial charge >= 0.3 is 23.9 Å². The van der Waals surface area contributed by atoms with Crippen LogP contribution in [0.25, 0.3) is 0 Å². The molecule has 1 fully saturated rings. The number of carbonyl (C=O) groups is 8. The van der Waals surface area contributed by atoms with Crippen molar-refractivity contribution in [2.45, 2.75) is 25.8 Å². The number of ether oxygens (including phenoxy) is 4. The van der Waals surface area contributed by atoms with E-state index in [0.29, 0.717) is 5.56 Å². The summed E-state index contributed by atoms with van der Waals surface area (Å²) in [5.41, 5.74) is 2.86. The van der Waals surface area contributed by atoms with E-state index in [1.807, 2.05) is 30.5 Å². The third-order valence-corrected chi connectivity index (χ3v) is 7.17. The van der Waals surface area contributed by atoms with Gasteiger partial charge in [0.15, 0.2) is 26.4 Å². The summed E-state index contributed by atoms with van der Waals surface area (Å²) in [5.74, 6) is -7.46. The number of nitrogens with one attached hydrogen (secondary N) is 4. The Morgan fingerprint density at radius 2 is 1.09 bits per heavy atom. The van der Waals surface area contributed by atoms with Crippen molar-refractivity contribution in [2.75, 3.05) is 46.1 Å². The zero-order chi connectivity index (χ0) is 33.5. The van der Waals surface area contributed by atoms with E-state index in [4.69, 9.17) is 9.47 Å². The van der Waals surface area contributed by atoms with Crippen molar-refractivity contribution in [2.24, 2.45) is 0 Å². The quantitative estimate of drug-likeness (QED) is 0.211. The van der Waals surface area contributed by atoms with Crippen LogP contribution in [0, 0.1) is 6.92 Å². The topological polar surface area (TPSA) is 222 Å². The van der Waals surface area contributed by atoms with Crippen LogP contribution in [0.5, 0.6) is 0 Å². The molecule has 1 saturated heterocycles. The van der Waals surface area contributed by atoms with Crippen LogP contribution in [0.2, 0.25) is 0 Å². The predicted octanol–water partition coefficient (Wildman–Crippen LogP) is -1.79. The van der Waals surface area contributed by atoms with Gasteiger partial charge in [-0.3, -0.25) is 33.6 Å². The smallest absolute Gasteiger partial charge is 0.329 e. The van der Waals surface area contributed by atoms with Crippen LogP contribution >= 0.6 is 11.3 Å². The summed E-state index contributed by atoms with van der Waals surface area (Å²) >= 11 is 1.65. The van der Waals surface area contributed by atoms with Crippen molar-refractivity contribution < 1.29 is 57.3 Å². The number of carbonyl (C=O) groups excluding carboxylic acids is 8. The third kappa shape index (κ3) is 12.7. The van der Waals surface area contributed by atoms with Gasteiger partial charge in [-0.25, -0.2) is 4.79 Å². The Morgan fingerprint density at radius 3 is 1.57 bits per heavy atom.